The number of hydrogen-bond donors (Lipinski definition) is 0. The molecule has 1 aromatic rings. The van der Waals surface area contributed by atoms with Crippen LogP contribution in [-0.4, -0.2) is 56.8 Å². The van der Waals surface area contributed by atoms with Crippen LogP contribution in [0.4, 0.5) is 0 Å². The lowest BCUT2D eigenvalue weighted by atomic mass is 10.0. The number of benzene rings is 1. The minimum Gasteiger partial charge on any atom is -0.496 e. The van der Waals surface area contributed by atoms with Gasteiger partial charge in [0, 0.05) is 26.2 Å². The van der Waals surface area contributed by atoms with Crippen molar-refractivity contribution in [1.29, 1.82) is 0 Å². The minimum absolute atomic E-state index is 0.154. The summed E-state index contributed by atoms with van der Waals surface area (Å²) in [6, 6.07) is 4.60. The van der Waals surface area contributed by atoms with Gasteiger partial charge in [0.25, 0.3) is 5.91 Å². The second-order valence-corrected chi connectivity index (χ2v) is 8.91. The number of methoxy groups -OCH3 is 1. The highest BCUT2D eigenvalue weighted by Gasteiger charge is 2.31. The maximum Gasteiger partial charge on any atom is 0.257 e. The zero-order valence-electron chi connectivity index (χ0n) is 14.9. The standard InChI is InChI=1S/C18H26N2O4S/c1-14-6-5-11-20(13-14)25(22,23)15-7-8-17(24-2)16(12-15)18(21)19-9-3-4-10-19/h7-8,12,14H,3-6,9-11,13H2,1-2H3/t14-/m0/s1. The lowest BCUT2D eigenvalue weighted by Gasteiger charge is -2.30. The van der Waals surface area contributed by atoms with E-state index in [-0.39, 0.29) is 10.8 Å². The van der Waals surface area contributed by atoms with Crippen LogP contribution in [0.1, 0.15) is 43.0 Å². The predicted octanol–water partition coefficient (Wildman–Crippen LogP) is 2.35. The molecule has 0 aliphatic carbocycles. The van der Waals surface area contributed by atoms with Crippen molar-refractivity contribution >= 4 is 15.9 Å². The van der Waals surface area contributed by atoms with E-state index in [2.05, 4.69) is 6.92 Å². The Balaban J connectivity index is 1.94. The summed E-state index contributed by atoms with van der Waals surface area (Å²) in [6.45, 7) is 4.56. The Hall–Kier alpha value is -1.60. The second kappa shape index (κ2) is 7.33. The van der Waals surface area contributed by atoms with Gasteiger partial charge in [-0.25, -0.2) is 8.42 Å². The average Bonchev–Trinajstić information content (AvgIpc) is 3.15. The van der Waals surface area contributed by atoms with E-state index in [1.165, 1.54) is 23.5 Å². The molecule has 0 N–H and O–H groups in total. The quantitative estimate of drug-likeness (QED) is 0.820. The fraction of sp³-hybridized carbons (Fsp3) is 0.611. The van der Waals surface area contributed by atoms with E-state index >= 15 is 0 Å². The molecule has 0 saturated carbocycles. The van der Waals surface area contributed by atoms with Crippen LogP contribution < -0.4 is 4.74 Å². The summed E-state index contributed by atoms with van der Waals surface area (Å²) in [5, 5.41) is 0. The molecule has 0 radical (unpaired) electrons. The molecule has 1 amide bonds. The van der Waals surface area contributed by atoms with Gasteiger partial charge in [0.2, 0.25) is 10.0 Å². The normalized spacial score (nSPS) is 22.2. The summed E-state index contributed by atoms with van der Waals surface area (Å²) in [4.78, 5) is 14.7. The first-order valence-electron chi connectivity index (χ1n) is 8.91. The summed E-state index contributed by atoms with van der Waals surface area (Å²) in [6.07, 6.45) is 3.89. The number of rotatable bonds is 4. The summed E-state index contributed by atoms with van der Waals surface area (Å²) in [7, 11) is -2.10. The SMILES string of the molecule is COc1ccc(S(=O)(=O)N2CCC[C@H](C)C2)cc1C(=O)N1CCCC1. The smallest absolute Gasteiger partial charge is 0.257 e. The Bertz CT molecular complexity index is 741. The number of nitrogens with zero attached hydrogens (tertiary/aromatic N) is 2. The van der Waals surface area contributed by atoms with Crippen LogP contribution in [0.15, 0.2) is 23.1 Å². The van der Waals surface area contributed by atoms with Gasteiger partial charge in [-0.2, -0.15) is 4.31 Å². The van der Waals surface area contributed by atoms with Crippen LogP contribution in [0.2, 0.25) is 0 Å². The van der Waals surface area contributed by atoms with E-state index in [1.807, 2.05) is 0 Å². The van der Waals surface area contributed by atoms with Gasteiger partial charge < -0.3 is 9.64 Å². The molecule has 0 bridgehead atoms. The van der Waals surface area contributed by atoms with Crippen LogP contribution in [0.3, 0.4) is 0 Å². The van der Waals surface area contributed by atoms with Crippen LogP contribution in [-0.2, 0) is 10.0 Å². The van der Waals surface area contributed by atoms with E-state index in [0.29, 0.717) is 43.4 Å². The Morgan fingerprint density at radius 2 is 1.88 bits per heavy atom. The van der Waals surface area contributed by atoms with E-state index in [4.69, 9.17) is 4.74 Å². The molecule has 2 fully saturated rings. The Kier molecular flexibility index (Phi) is 5.34. The third-order valence-corrected chi connectivity index (χ3v) is 6.91. The maximum absolute atomic E-state index is 13.0. The van der Waals surface area contributed by atoms with E-state index in [9.17, 15) is 13.2 Å². The zero-order chi connectivity index (χ0) is 18.0. The fourth-order valence-corrected chi connectivity index (χ4v) is 5.24. The van der Waals surface area contributed by atoms with Crippen molar-refractivity contribution in [3.8, 4) is 5.75 Å². The number of hydrogen-bond acceptors (Lipinski definition) is 4. The van der Waals surface area contributed by atoms with Crippen LogP contribution in [0.25, 0.3) is 0 Å². The van der Waals surface area contributed by atoms with Crippen molar-refractivity contribution in [2.45, 2.75) is 37.5 Å². The predicted molar refractivity (Wildman–Crippen MR) is 95.3 cm³/mol. The second-order valence-electron chi connectivity index (χ2n) is 6.97. The summed E-state index contributed by atoms with van der Waals surface area (Å²) in [5.41, 5.74) is 0.329. The Morgan fingerprint density at radius 3 is 2.52 bits per heavy atom. The molecule has 0 unspecified atom stereocenters. The highest BCUT2D eigenvalue weighted by molar-refractivity contribution is 7.89. The molecule has 0 aromatic heterocycles. The first kappa shape index (κ1) is 18.2. The Morgan fingerprint density at radius 1 is 1.16 bits per heavy atom. The molecule has 2 heterocycles. The van der Waals surface area contributed by atoms with E-state index < -0.39 is 10.0 Å². The summed E-state index contributed by atoms with van der Waals surface area (Å²) in [5.74, 6) is 0.619. The van der Waals surface area contributed by atoms with Crippen molar-refractivity contribution in [3.63, 3.8) is 0 Å². The molecule has 1 aromatic carbocycles. The van der Waals surface area contributed by atoms with Crippen molar-refractivity contribution in [2.24, 2.45) is 5.92 Å². The zero-order valence-corrected chi connectivity index (χ0v) is 15.7. The summed E-state index contributed by atoms with van der Waals surface area (Å²) >= 11 is 0. The first-order valence-corrected chi connectivity index (χ1v) is 10.3. The first-order chi connectivity index (χ1) is 11.9. The van der Waals surface area contributed by atoms with Gasteiger partial charge in [-0.3, -0.25) is 4.79 Å². The molecule has 6 nitrogen and oxygen atoms in total. The van der Waals surface area contributed by atoms with E-state index in [1.54, 1.807) is 11.0 Å². The summed E-state index contributed by atoms with van der Waals surface area (Å²) < 4.78 is 32.8. The third-order valence-electron chi connectivity index (χ3n) is 5.05. The van der Waals surface area contributed by atoms with Gasteiger partial charge in [0.05, 0.1) is 17.6 Å². The average molecular weight is 366 g/mol. The fourth-order valence-electron chi connectivity index (χ4n) is 3.62. The largest absolute Gasteiger partial charge is 0.496 e. The topological polar surface area (TPSA) is 66.9 Å². The monoisotopic (exact) mass is 366 g/mol. The molecule has 3 rings (SSSR count). The van der Waals surface area contributed by atoms with Gasteiger partial charge in [0.1, 0.15) is 5.75 Å². The molecule has 2 aliphatic heterocycles. The number of likely N-dealkylation sites (tertiary alicyclic amines) is 1. The van der Waals surface area contributed by atoms with Gasteiger partial charge in [-0.15, -0.1) is 0 Å². The van der Waals surface area contributed by atoms with Gasteiger partial charge >= 0.3 is 0 Å². The van der Waals surface area contributed by atoms with Gasteiger partial charge in [-0.1, -0.05) is 6.92 Å². The number of carbonyl (C=O) groups is 1. The lowest BCUT2D eigenvalue weighted by Crippen LogP contribution is -2.39. The van der Waals surface area contributed by atoms with Crippen LogP contribution in [0, 0.1) is 5.92 Å². The third kappa shape index (κ3) is 3.67. The number of sulfonamides is 1. The van der Waals surface area contributed by atoms with Gasteiger partial charge in [-0.05, 0) is 49.8 Å². The molecule has 1 atom stereocenters. The van der Waals surface area contributed by atoms with Crippen molar-refractivity contribution in [2.75, 3.05) is 33.3 Å². The van der Waals surface area contributed by atoms with Gasteiger partial charge in [0.15, 0.2) is 0 Å². The van der Waals surface area contributed by atoms with Crippen molar-refractivity contribution < 1.29 is 17.9 Å². The number of piperidine rings is 1. The molecule has 138 valence electrons. The highest BCUT2D eigenvalue weighted by Crippen LogP contribution is 2.29. The van der Waals surface area contributed by atoms with Crippen LogP contribution in [0.5, 0.6) is 5.75 Å². The number of amides is 1. The van der Waals surface area contributed by atoms with Crippen molar-refractivity contribution in [3.05, 3.63) is 23.8 Å². The molecular formula is C18H26N2O4S. The number of carbonyl (C=O) groups excluding carboxylic acids is 1. The molecule has 2 aliphatic rings. The van der Waals surface area contributed by atoms with Crippen molar-refractivity contribution in [1.82, 2.24) is 9.21 Å². The molecule has 25 heavy (non-hydrogen) atoms. The van der Waals surface area contributed by atoms with E-state index in [0.717, 1.165) is 25.7 Å². The Labute approximate surface area is 149 Å². The molecule has 2 saturated heterocycles. The lowest BCUT2D eigenvalue weighted by molar-refractivity contribution is 0.0789. The number of ether oxygens (including phenoxy) is 1. The molecule has 0 spiro atoms. The maximum atomic E-state index is 13.0. The minimum atomic E-state index is -3.59. The molecular weight excluding hydrogens is 340 g/mol. The molecule has 7 heteroatoms. The van der Waals surface area contributed by atoms with Crippen LogP contribution >= 0.6 is 0 Å². The highest BCUT2D eigenvalue weighted by atomic mass is 32.2.